The molecule has 1 saturated heterocycles. The smallest absolute Gasteiger partial charge is 0.392 e. The average molecular weight is 672 g/mol. The van der Waals surface area contributed by atoms with E-state index in [-0.39, 0.29) is 0 Å². The average Bonchev–Trinajstić information content (AvgIpc) is 3.62. The van der Waals surface area contributed by atoms with Crippen LogP contribution in [-0.2, 0) is 0 Å². The number of para-hydroxylation sites is 5. The molecule has 5 aromatic carbocycles. The third kappa shape index (κ3) is 6.51. The standard InChI is InChI=1S/C34H32N3O6P3/c1-27-35-44(40-29-19-9-3-10-20-29)33(34(44)39-28-17-7-2-8-18-28)36-46(38,43-32-25-15-6-16-26-32)37-45(27,41-30-21-11-4-12-22-30)42-31-23-13-5-14-24-31/h2-27,33-34,38H,1H3/t27-,33?,34?,44?,46?/m1/s1. The van der Waals surface area contributed by atoms with Crippen LogP contribution in [0.1, 0.15) is 6.92 Å². The molecule has 9 nitrogen and oxygen atoms in total. The minimum absolute atomic E-state index is 0.405. The number of hydrogen-bond donors (Lipinski definition) is 1. The van der Waals surface area contributed by atoms with Crippen LogP contribution < -0.4 is 22.8 Å². The van der Waals surface area contributed by atoms with E-state index in [1.165, 1.54) is 0 Å². The molecule has 46 heavy (non-hydrogen) atoms. The molecule has 0 amide bonds. The molecule has 0 saturated carbocycles. The Morgan fingerprint density at radius 3 is 1.35 bits per heavy atom. The van der Waals surface area contributed by atoms with E-state index >= 15 is 0 Å². The normalized spacial score (nSPS) is 25.8. The number of fused-ring (bicyclic) bond motifs is 1. The molecule has 2 aliphatic rings. The summed E-state index contributed by atoms with van der Waals surface area (Å²) in [6.07, 6.45) is 0. The van der Waals surface area contributed by atoms with E-state index in [4.69, 9.17) is 36.8 Å². The molecule has 0 bridgehead atoms. The van der Waals surface area contributed by atoms with Crippen LogP contribution in [0.3, 0.4) is 0 Å². The van der Waals surface area contributed by atoms with Gasteiger partial charge in [-0.05, 0) is 67.6 Å². The summed E-state index contributed by atoms with van der Waals surface area (Å²) in [4.78, 5) is 12.5. The van der Waals surface area contributed by atoms with Crippen molar-refractivity contribution in [2.45, 2.75) is 24.3 Å². The number of ether oxygens (including phenoxy) is 1. The lowest BCUT2D eigenvalue weighted by molar-refractivity contribution is 0.311. The van der Waals surface area contributed by atoms with Crippen molar-refractivity contribution in [1.29, 1.82) is 0 Å². The van der Waals surface area contributed by atoms with E-state index in [0.29, 0.717) is 28.7 Å². The summed E-state index contributed by atoms with van der Waals surface area (Å²) in [5, 5.41) is 0. The lowest BCUT2D eigenvalue weighted by Crippen LogP contribution is -2.14. The molecule has 7 rings (SSSR count). The quantitative estimate of drug-likeness (QED) is 0.148. The van der Waals surface area contributed by atoms with Gasteiger partial charge in [0, 0.05) is 0 Å². The van der Waals surface area contributed by atoms with Crippen LogP contribution in [0.25, 0.3) is 0 Å². The van der Waals surface area contributed by atoms with Gasteiger partial charge in [0.2, 0.25) is 7.28 Å². The first-order valence-electron chi connectivity index (χ1n) is 14.7. The maximum atomic E-state index is 12.5. The second-order valence-electron chi connectivity index (χ2n) is 10.6. The van der Waals surface area contributed by atoms with Gasteiger partial charge in [-0.1, -0.05) is 91.0 Å². The van der Waals surface area contributed by atoms with Crippen LogP contribution in [-0.4, -0.2) is 22.3 Å². The summed E-state index contributed by atoms with van der Waals surface area (Å²) in [7, 11) is -10.6. The third-order valence-corrected chi connectivity index (χ3v) is 15.6. The summed E-state index contributed by atoms with van der Waals surface area (Å²) in [6.45, 7) is 1.88. The highest BCUT2D eigenvalue weighted by Gasteiger charge is 2.68. The molecule has 0 aliphatic carbocycles. The lowest BCUT2D eigenvalue weighted by atomic mass is 10.3. The van der Waals surface area contributed by atoms with Gasteiger partial charge >= 0.3 is 15.2 Å². The van der Waals surface area contributed by atoms with Crippen molar-refractivity contribution in [3.8, 4) is 28.7 Å². The highest BCUT2D eigenvalue weighted by molar-refractivity contribution is 7.74. The van der Waals surface area contributed by atoms with E-state index < -0.39 is 39.9 Å². The van der Waals surface area contributed by atoms with Crippen LogP contribution in [0.15, 0.2) is 166 Å². The number of benzene rings is 5. The molecular weight excluding hydrogens is 639 g/mol. The van der Waals surface area contributed by atoms with Crippen molar-refractivity contribution >= 4 is 22.4 Å². The highest BCUT2D eigenvalue weighted by atomic mass is 31.2. The summed E-state index contributed by atoms with van der Waals surface area (Å²) in [5.41, 5.74) is 0. The predicted molar refractivity (Wildman–Crippen MR) is 183 cm³/mol. The molecule has 12 heteroatoms. The Morgan fingerprint density at radius 2 is 0.891 bits per heavy atom. The Balaban J connectivity index is 1.45. The van der Waals surface area contributed by atoms with E-state index in [1.54, 1.807) is 12.1 Å². The molecular formula is C34H32N3O6P3. The van der Waals surface area contributed by atoms with Gasteiger partial charge in [0.05, 0.1) is 0 Å². The van der Waals surface area contributed by atoms with Crippen LogP contribution in [0.2, 0.25) is 0 Å². The largest absolute Gasteiger partial charge is 0.478 e. The van der Waals surface area contributed by atoms with Crippen molar-refractivity contribution in [1.82, 2.24) is 0 Å². The van der Waals surface area contributed by atoms with Crippen LogP contribution in [0, 0.1) is 0 Å². The summed E-state index contributed by atoms with van der Waals surface area (Å²) in [6, 6.07) is 46.4. The fraction of sp³-hybridized carbons (Fsp3) is 0.118. The van der Waals surface area contributed by atoms with Crippen LogP contribution in [0.4, 0.5) is 0 Å². The zero-order valence-electron chi connectivity index (χ0n) is 24.8. The Morgan fingerprint density at radius 1 is 0.500 bits per heavy atom. The van der Waals surface area contributed by atoms with E-state index in [1.807, 2.05) is 146 Å². The first-order valence-corrected chi connectivity index (χ1v) is 19.8. The Hall–Kier alpha value is -4.25. The Labute approximate surface area is 268 Å². The van der Waals surface area contributed by atoms with Gasteiger partial charge in [-0.2, -0.15) is 0 Å². The summed E-state index contributed by atoms with van der Waals surface area (Å²) < 4.78 is 48.4. The SMILES string of the molecule is C[C@@H]1N=P2(Oc3ccccc3)C(N=P(O)(Oc3ccccc3)N=P1(Oc1ccccc1)Oc1ccccc1)C2Oc1ccccc1. The third-order valence-electron chi connectivity index (χ3n) is 7.16. The zero-order valence-corrected chi connectivity index (χ0v) is 27.5. The minimum Gasteiger partial charge on any atom is -0.478 e. The fourth-order valence-corrected chi connectivity index (χ4v) is 14.4. The molecule has 1 fully saturated rings. The van der Waals surface area contributed by atoms with Gasteiger partial charge in [0.1, 0.15) is 28.7 Å². The van der Waals surface area contributed by atoms with Gasteiger partial charge in [-0.15, -0.1) is 4.52 Å². The summed E-state index contributed by atoms with van der Waals surface area (Å²) >= 11 is 0. The molecule has 1 N–H and O–H groups in total. The van der Waals surface area contributed by atoms with Crippen molar-refractivity contribution in [2.24, 2.45) is 14.0 Å². The lowest BCUT2D eigenvalue weighted by Gasteiger charge is -2.31. The fourth-order valence-electron chi connectivity index (χ4n) is 4.96. The highest BCUT2D eigenvalue weighted by Crippen LogP contribution is 2.82. The molecule has 5 aromatic rings. The molecule has 0 spiro atoms. The Bertz CT molecular complexity index is 1900. The van der Waals surface area contributed by atoms with E-state index in [9.17, 15) is 4.89 Å². The van der Waals surface area contributed by atoms with E-state index in [2.05, 4.69) is 0 Å². The van der Waals surface area contributed by atoms with Gasteiger partial charge in [-0.25, -0.2) is 9.49 Å². The molecule has 0 radical (unpaired) electrons. The van der Waals surface area contributed by atoms with Gasteiger partial charge in [-0.3, -0.25) is 0 Å². The van der Waals surface area contributed by atoms with Crippen LogP contribution >= 0.6 is 22.4 Å². The molecule has 2 aliphatic heterocycles. The first kappa shape index (κ1) is 30.4. The zero-order chi connectivity index (χ0) is 31.5. The van der Waals surface area contributed by atoms with Crippen molar-refractivity contribution in [3.05, 3.63) is 152 Å². The second kappa shape index (κ2) is 12.9. The maximum absolute atomic E-state index is 12.5. The van der Waals surface area contributed by atoms with Crippen LogP contribution in [0.5, 0.6) is 28.7 Å². The molecule has 5 atom stereocenters. The number of rotatable bonds is 10. The van der Waals surface area contributed by atoms with Gasteiger partial charge in [0.25, 0.3) is 0 Å². The predicted octanol–water partition coefficient (Wildman–Crippen LogP) is 10.5. The molecule has 2 heterocycles. The van der Waals surface area contributed by atoms with Crippen molar-refractivity contribution < 1.29 is 27.7 Å². The van der Waals surface area contributed by atoms with Crippen molar-refractivity contribution in [3.63, 3.8) is 0 Å². The topological polar surface area (TPSA) is 103 Å². The summed E-state index contributed by atoms with van der Waals surface area (Å²) in [5.74, 6) is 0.685. The number of hydrogen-bond acceptors (Lipinski definition) is 8. The molecule has 0 aromatic heterocycles. The van der Waals surface area contributed by atoms with Gasteiger partial charge < -0.3 is 27.7 Å². The number of nitrogens with zero attached hydrogens (tertiary/aromatic N) is 3. The molecule has 4 unspecified atom stereocenters. The minimum atomic E-state index is -4.04. The van der Waals surface area contributed by atoms with Gasteiger partial charge in [0.15, 0.2) is 17.4 Å². The second-order valence-corrected chi connectivity index (χ2v) is 17.7. The molecule has 234 valence electrons. The maximum Gasteiger partial charge on any atom is 0.392 e. The monoisotopic (exact) mass is 671 g/mol. The van der Waals surface area contributed by atoms with Crippen molar-refractivity contribution in [2.75, 3.05) is 0 Å². The first-order chi connectivity index (χ1) is 22.5. The van der Waals surface area contributed by atoms with E-state index in [0.717, 1.165) is 0 Å². The Kier molecular flexibility index (Phi) is 8.50.